The van der Waals surface area contributed by atoms with Gasteiger partial charge in [-0.15, -0.1) is 0 Å². The maximum Gasteiger partial charge on any atom is 0.355 e. The van der Waals surface area contributed by atoms with Gasteiger partial charge in [0.2, 0.25) is 0 Å². The molecule has 1 aliphatic heterocycles. The number of hydrogen-bond donors (Lipinski definition) is 2. The Morgan fingerprint density at radius 2 is 1.95 bits per heavy atom. The van der Waals surface area contributed by atoms with Crippen LogP contribution in [0.25, 0.3) is 0 Å². The standard InChI is InChI=1S/C14H14N2O6/c1-22-14(21)11-10(6-7-17)12(18)16(15-11)9-4-2-8(3-5-9)13(19)20/h2-5,10,17H,6-7H2,1H3,(H,19,20)/t10-/m1/s1. The number of carboxylic acids is 1. The van der Waals surface area contributed by atoms with Crippen molar-refractivity contribution in [2.45, 2.75) is 6.42 Å². The molecule has 0 saturated heterocycles. The van der Waals surface area contributed by atoms with E-state index in [1.54, 1.807) is 0 Å². The predicted octanol–water partition coefficient (Wildman–Crippen LogP) is 0.259. The number of carbonyl (C=O) groups is 3. The zero-order valence-corrected chi connectivity index (χ0v) is 11.7. The van der Waals surface area contributed by atoms with E-state index < -0.39 is 23.8 Å². The molecule has 116 valence electrons. The number of benzene rings is 1. The summed E-state index contributed by atoms with van der Waals surface area (Å²) >= 11 is 0. The van der Waals surface area contributed by atoms with E-state index in [0.29, 0.717) is 5.69 Å². The molecule has 0 aromatic heterocycles. The maximum atomic E-state index is 12.3. The van der Waals surface area contributed by atoms with E-state index in [0.717, 1.165) is 5.01 Å². The summed E-state index contributed by atoms with van der Waals surface area (Å²) in [6.07, 6.45) is 0.0521. The van der Waals surface area contributed by atoms with Gasteiger partial charge in [-0.05, 0) is 30.7 Å². The van der Waals surface area contributed by atoms with Crippen LogP contribution >= 0.6 is 0 Å². The van der Waals surface area contributed by atoms with Crippen molar-refractivity contribution in [3.05, 3.63) is 29.8 Å². The van der Waals surface area contributed by atoms with Crippen LogP contribution in [-0.4, -0.2) is 47.5 Å². The Morgan fingerprint density at radius 1 is 1.32 bits per heavy atom. The smallest absolute Gasteiger partial charge is 0.355 e. The van der Waals surface area contributed by atoms with E-state index in [4.69, 9.17) is 10.2 Å². The molecule has 8 nitrogen and oxygen atoms in total. The number of ether oxygens (including phenoxy) is 1. The Bertz CT molecular complexity index is 637. The minimum atomic E-state index is -1.09. The first-order valence-corrected chi connectivity index (χ1v) is 6.44. The number of hydrogen-bond acceptors (Lipinski definition) is 6. The summed E-state index contributed by atoms with van der Waals surface area (Å²) in [5, 5.41) is 22.8. The fourth-order valence-corrected chi connectivity index (χ4v) is 2.10. The van der Waals surface area contributed by atoms with Crippen LogP contribution in [-0.2, 0) is 14.3 Å². The van der Waals surface area contributed by atoms with Crippen LogP contribution in [0.4, 0.5) is 5.69 Å². The van der Waals surface area contributed by atoms with Crippen molar-refractivity contribution in [3.63, 3.8) is 0 Å². The first-order valence-electron chi connectivity index (χ1n) is 6.44. The first kappa shape index (κ1) is 15.6. The minimum absolute atomic E-state index is 0.0521. The van der Waals surface area contributed by atoms with E-state index in [1.807, 2.05) is 0 Å². The number of esters is 1. The Morgan fingerprint density at radius 3 is 2.45 bits per heavy atom. The number of carboxylic acid groups (broad SMARTS) is 1. The molecule has 0 saturated carbocycles. The van der Waals surface area contributed by atoms with Crippen molar-refractivity contribution in [2.24, 2.45) is 11.0 Å². The third-order valence-electron chi connectivity index (χ3n) is 3.22. The Labute approximate surface area is 125 Å². The van der Waals surface area contributed by atoms with Gasteiger partial charge >= 0.3 is 11.9 Å². The molecule has 2 rings (SSSR count). The second-order valence-electron chi connectivity index (χ2n) is 4.54. The summed E-state index contributed by atoms with van der Waals surface area (Å²) in [4.78, 5) is 34.8. The van der Waals surface area contributed by atoms with Gasteiger partial charge < -0.3 is 14.9 Å². The summed E-state index contributed by atoms with van der Waals surface area (Å²) in [6, 6.07) is 5.50. The van der Waals surface area contributed by atoms with Gasteiger partial charge in [0.25, 0.3) is 5.91 Å². The summed E-state index contributed by atoms with van der Waals surface area (Å²) in [5.74, 6) is -3.18. The number of rotatable bonds is 5. The molecule has 0 unspecified atom stereocenters. The maximum absolute atomic E-state index is 12.3. The molecule has 0 fully saturated rings. The molecule has 8 heteroatoms. The van der Waals surface area contributed by atoms with E-state index >= 15 is 0 Å². The zero-order valence-electron chi connectivity index (χ0n) is 11.7. The lowest BCUT2D eigenvalue weighted by Gasteiger charge is -2.13. The van der Waals surface area contributed by atoms with Crippen LogP contribution in [0.3, 0.4) is 0 Å². The van der Waals surface area contributed by atoms with Crippen molar-refractivity contribution in [3.8, 4) is 0 Å². The topological polar surface area (TPSA) is 117 Å². The predicted molar refractivity (Wildman–Crippen MR) is 75.5 cm³/mol. The van der Waals surface area contributed by atoms with Gasteiger partial charge in [-0.25, -0.2) is 9.59 Å². The summed E-state index contributed by atoms with van der Waals surface area (Å²) in [6.45, 7) is -0.280. The lowest BCUT2D eigenvalue weighted by atomic mass is 10.00. The molecule has 1 aromatic rings. The van der Waals surface area contributed by atoms with Gasteiger partial charge in [-0.2, -0.15) is 10.1 Å². The number of methoxy groups -OCH3 is 1. The first-order chi connectivity index (χ1) is 10.5. The average molecular weight is 306 g/mol. The fourth-order valence-electron chi connectivity index (χ4n) is 2.10. The van der Waals surface area contributed by atoms with E-state index in [-0.39, 0.29) is 24.3 Å². The number of aliphatic hydroxyl groups is 1. The van der Waals surface area contributed by atoms with Crippen molar-refractivity contribution >= 4 is 29.2 Å². The van der Waals surface area contributed by atoms with Crippen LogP contribution in [0.1, 0.15) is 16.8 Å². The third kappa shape index (κ3) is 2.82. The number of carbonyl (C=O) groups excluding carboxylic acids is 2. The third-order valence-corrected chi connectivity index (χ3v) is 3.22. The molecule has 0 radical (unpaired) electrons. The van der Waals surface area contributed by atoms with Crippen LogP contribution in [0.15, 0.2) is 29.4 Å². The lowest BCUT2D eigenvalue weighted by Crippen LogP contribution is -2.31. The fraction of sp³-hybridized carbons (Fsp3) is 0.286. The van der Waals surface area contributed by atoms with Gasteiger partial charge in [-0.3, -0.25) is 4.79 Å². The highest BCUT2D eigenvalue weighted by atomic mass is 16.5. The zero-order chi connectivity index (χ0) is 16.3. The number of aromatic carboxylic acids is 1. The van der Waals surface area contributed by atoms with Crippen molar-refractivity contribution in [1.82, 2.24) is 0 Å². The largest absolute Gasteiger partial charge is 0.478 e. The quantitative estimate of drug-likeness (QED) is 0.754. The summed E-state index contributed by atoms with van der Waals surface area (Å²) in [5.41, 5.74) is 0.320. The van der Waals surface area contributed by atoms with Gasteiger partial charge in [0.1, 0.15) is 0 Å². The van der Waals surface area contributed by atoms with Gasteiger partial charge in [0.15, 0.2) is 5.71 Å². The van der Waals surface area contributed by atoms with Crippen LogP contribution in [0.2, 0.25) is 0 Å². The molecule has 1 amide bonds. The highest BCUT2D eigenvalue weighted by Crippen LogP contribution is 2.26. The van der Waals surface area contributed by atoms with Crippen LogP contribution in [0.5, 0.6) is 0 Å². The Balaban J connectivity index is 2.34. The Hall–Kier alpha value is -2.74. The molecule has 1 aliphatic rings. The van der Waals surface area contributed by atoms with Crippen molar-refractivity contribution in [1.29, 1.82) is 0 Å². The van der Waals surface area contributed by atoms with Crippen LogP contribution in [0, 0.1) is 5.92 Å². The minimum Gasteiger partial charge on any atom is -0.478 e. The highest BCUT2D eigenvalue weighted by molar-refractivity contribution is 6.44. The Kier molecular flexibility index (Phi) is 4.52. The number of anilines is 1. The molecule has 0 bridgehead atoms. The van der Waals surface area contributed by atoms with Crippen molar-refractivity contribution < 1.29 is 29.3 Å². The number of aliphatic hydroxyl groups excluding tert-OH is 1. The molecular weight excluding hydrogens is 292 g/mol. The van der Waals surface area contributed by atoms with E-state index in [2.05, 4.69) is 9.84 Å². The van der Waals surface area contributed by atoms with Gasteiger partial charge in [-0.1, -0.05) is 0 Å². The molecule has 1 atom stereocenters. The van der Waals surface area contributed by atoms with E-state index in [9.17, 15) is 14.4 Å². The average Bonchev–Trinajstić information content (AvgIpc) is 2.84. The van der Waals surface area contributed by atoms with Crippen molar-refractivity contribution in [2.75, 3.05) is 18.7 Å². The number of hydrazone groups is 1. The normalized spacial score (nSPS) is 17.4. The molecule has 1 heterocycles. The molecule has 22 heavy (non-hydrogen) atoms. The molecule has 2 N–H and O–H groups in total. The summed E-state index contributed by atoms with van der Waals surface area (Å²) < 4.78 is 4.59. The van der Waals surface area contributed by atoms with Crippen LogP contribution < -0.4 is 5.01 Å². The second-order valence-corrected chi connectivity index (χ2v) is 4.54. The SMILES string of the molecule is COC(=O)C1=NN(c2ccc(C(=O)O)cc2)C(=O)[C@@H]1CCO. The molecule has 0 aliphatic carbocycles. The molecule has 1 aromatic carbocycles. The van der Waals surface area contributed by atoms with E-state index in [1.165, 1.54) is 31.4 Å². The number of amides is 1. The number of nitrogens with zero attached hydrogens (tertiary/aromatic N) is 2. The summed E-state index contributed by atoms with van der Waals surface area (Å²) in [7, 11) is 1.18. The monoisotopic (exact) mass is 306 g/mol. The molecular formula is C14H14N2O6. The molecule has 0 spiro atoms. The van der Waals surface area contributed by atoms with Gasteiger partial charge in [0, 0.05) is 6.61 Å². The van der Waals surface area contributed by atoms with Gasteiger partial charge in [0.05, 0.1) is 24.3 Å². The lowest BCUT2D eigenvalue weighted by molar-refractivity contribution is -0.133. The highest BCUT2D eigenvalue weighted by Gasteiger charge is 2.40. The second kappa shape index (κ2) is 6.35.